The van der Waals surface area contributed by atoms with E-state index in [0.29, 0.717) is 21.3 Å². The summed E-state index contributed by atoms with van der Waals surface area (Å²) in [6.45, 7) is 10.0. The van der Waals surface area contributed by atoms with E-state index in [1.807, 2.05) is 17.7 Å². The van der Waals surface area contributed by atoms with Crippen molar-refractivity contribution in [2.75, 3.05) is 19.1 Å². The zero-order valence-corrected chi connectivity index (χ0v) is 22.6. The lowest BCUT2D eigenvalue weighted by atomic mass is 10.2. The highest BCUT2D eigenvalue weighted by Crippen LogP contribution is 2.40. The standard InChI is InChI=1S/C24H30ClN5O6/c1-23(2,3)35-21(31)30(22(32)36-24(4,5)6)20-27-18(33-8)17(19(28-20)34-9)14-10-13-11-16(25)26-12-15(13)29(14)7/h10-12H,1-9H3. The van der Waals surface area contributed by atoms with E-state index in [2.05, 4.69) is 15.0 Å². The first-order valence-electron chi connectivity index (χ1n) is 11.0. The fraction of sp³-hybridized carbons (Fsp3) is 0.458. The number of fused-ring (bicyclic) bond motifs is 1. The van der Waals surface area contributed by atoms with Crippen LogP contribution in [0.1, 0.15) is 41.5 Å². The lowest BCUT2D eigenvalue weighted by molar-refractivity contribution is 0.0427. The zero-order valence-electron chi connectivity index (χ0n) is 21.8. The van der Waals surface area contributed by atoms with Crippen molar-refractivity contribution in [1.29, 1.82) is 0 Å². The van der Waals surface area contributed by atoms with Gasteiger partial charge in [0.05, 0.1) is 31.6 Å². The van der Waals surface area contributed by atoms with Crippen molar-refractivity contribution in [3.63, 3.8) is 0 Å². The van der Waals surface area contributed by atoms with Gasteiger partial charge in [-0.15, -0.1) is 4.90 Å². The largest absolute Gasteiger partial charge is 0.480 e. The Morgan fingerprint density at radius 1 is 0.917 bits per heavy atom. The van der Waals surface area contributed by atoms with Crippen LogP contribution in [0.15, 0.2) is 18.3 Å². The van der Waals surface area contributed by atoms with Gasteiger partial charge in [-0.1, -0.05) is 11.6 Å². The van der Waals surface area contributed by atoms with Crippen LogP contribution in [-0.4, -0.2) is 57.1 Å². The maximum absolute atomic E-state index is 13.1. The van der Waals surface area contributed by atoms with Gasteiger partial charge in [-0.2, -0.15) is 9.97 Å². The number of hydrogen-bond acceptors (Lipinski definition) is 9. The summed E-state index contributed by atoms with van der Waals surface area (Å²) in [5.74, 6) is -0.225. The van der Waals surface area contributed by atoms with Crippen LogP contribution >= 0.6 is 11.6 Å². The minimum absolute atomic E-state index is 0.0546. The van der Waals surface area contributed by atoms with E-state index < -0.39 is 23.4 Å². The van der Waals surface area contributed by atoms with E-state index in [4.69, 9.17) is 30.5 Å². The van der Waals surface area contributed by atoms with Gasteiger partial charge in [0.2, 0.25) is 11.8 Å². The Hall–Kier alpha value is -3.60. The number of nitrogens with zero attached hydrogens (tertiary/aromatic N) is 5. The summed E-state index contributed by atoms with van der Waals surface area (Å²) in [7, 11) is 4.64. The number of rotatable bonds is 4. The lowest BCUT2D eigenvalue weighted by Crippen LogP contribution is -2.44. The monoisotopic (exact) mass is 519 g/mol. The van der Waals surface area contributed by atoms with Gasteiger partial charge in [0.1, 0.15) is 21.9 Å². The summed E-state index contributed by atoms with van der Waals surface area (Å²) in [6, 6.07) is 3.58. The van der Waals surface area contributed by atoms with Crippen LogP contribution in [0.2, 0.25) is 5.15 Å². The summed E-state index contributed by atoms with van der Waals surface area (Å²) in [6.07, 6.45) is -0.389. The molecule has 0 bridgehead atoms. The normalized spacial score (nSPS) is 11.8. The Kier molecular flexibility index (Phi) is 7.35. The van der Waals surface area contributed by atoms with Crippen molar-refractivity contribution in [3.05, 3.63) is 23.5 Å². The highest BCUT2D eigenvalue weighted by Gasteiger charge is 2.36. The van der Waals surface area contributed by atoms with Gasteiger partial charge < -0.3 is 23.5 Å². The summed E-state index contributed by atoms with van der Waals surface area (Å²) in [5, 5.41) is 1.17. The molecular weight excluding hydrogens is 490 g/mol. The second kappa shape index (κ2) is 9.81. The molecule has 0 spiro atoms. The molecule has 0 aliphatic carbocycles. The van der Waals surface area contributed by atoms with Gasteiger partial charge in [-0.25, -0.2) is 14.6 Å². The SMILES string of the molecule is COc1nc(N(C(=O)OC(C)(C)C)C(=O)OC(C)(C)C)nc(OC)c1-c1cc2cc(Cl)ncc2n1C. The van der Waals surface area contributed by atoms with Crippen molar-refractivity contribution in [3.8, 4) is 23.0 Å². The number of imide groups is 1. The number of hydrogen-bond donors (Lipinski definition) is 0. The molecule has 3 aromatic heterocycles. The van der Waals surface area contributed by atoms with E-state index >= 15 is 0 Å². The molecule has 0 aromatic carbocycles. The first-order valence-corrected chi connectivity index (χ1v) is 11.4. The Labute approximate surface area is 214 Å². The molecule has 3 aromatic rings. The molecule has 12 heteroatoms. The van der Waals surface area contributed by atoms with E-state index in [0.717, 1.165) is 10.9 Å². The number of amides is 2. The quantitative estimate of drug-likeness (QED) is 0.418. The van der Waals surface area contributed by atoms with Gasteiger partial charge in [-0.3, -0.25) is 0 Å². The summed E-state index contributed by atoms with van der Waals surface area (Å²) >= 11 is 6.06. The Morgan fingerprint density at radius 3 is 1.86 bits per heavy atom. The summed E-state index contributed by atoms with van der Waals surface area (Å²) in [4.78, 5) is 39.6. The molecule has 0 unspecified atom stereocenters. The molecule has 3 heterocycles. The molecule has 0 aliphatic rings. The number of carbonyl (C=O) groups is 2. The minimum atomic E-state index is -1.01. The Balaban J connectivity index is 2.21. The first-order chi connectivity index (χ1) is 16.6. The third-order valence-electron chi connectivity index (χ3n) is 4.72. The fourth-order valence-corrected chi connectivity index (χ4v) is 3.49. The molecule has 0 N–H and O–H groups in total. The van der Waals surface area contributed by atoms with Gasteiger partial charge in [0.25, 0.3) is 5.95 Å². The zero-order chi connectivity index (χ0) is 27.0. The van der Waals surface area contributed by atoms with Crippen molar-refractivity contribution in [1.82, 2.24) is 19.5 Å². The Bertz CT molecular complexity index is 1260. The molecular formula is C24H30ClN5O6. The average Bonchev–Trinajstić information content (AvgIpc) is 3.05. The molecule has 2 amide bonds. The van der Waals surface area contributed by atoms with Gasteiger partial charge >= 0.3 is 12.2 Å². The first kappa shape index (κ1) is 27.0. The number of aromatic nitrogens is 4. The van der Waals surface area contributed by atoms with E-state index in [1.54, 1.807) is 53.8 Å². The number of carbonyl (C=O) groups excluding carboxylic acids is 2. The van der Waals surface area contributed by atoms with Crippen LogP contribution < -0.4 is 14.4 Å². The number of methoxy groups -OCH3 is 2. The number of aryl methyl sites for hydroxylation is 1. The maximum Gasteiger partial charge on any atom is 0.427 e. The van der Waals surface area contributed by atoms with Crippen LogP contribution in [0, 0.1) is 0 Å². The molecule has 0 radical (unpaired) electrons. The smallest absolute Gasteiger partial charge is 0.427 e. The number of anilines is 1. The van der Waals surface area contributed by atoms with Crippen LogP contribution in [0.25, 0.3) is 22.2 Å². The molecule has 0 atom stereocenters. The second-order valence-corrected chi connectivity index (χ2v) is 10.3. The maximum atomic E-state index is 13.1. The van der Waals surface area contributed by atoms with Crippen molar-refractivity contribution in [2.45, 2.75) is 52.7 Å². The fourth-order valence-electron chi connectivity index (χ4n) is 3.32. The van der Waals surface area contributed by atoms with E-state index in [9.17, 15) is 9.59 Å². The predicted octanol–water partition coefficient (Wildman–Crippen LogP) is 5.38. The van der Waals surface area contributed by atoms with Gasteiger partial charge in [-0.05, 0) is 53.7 Å². The number of ether oxygens (including phenoxy) is 4. The summed E-state index contributed by atoms with van der Waals surface area (Å²) < 4.78 is 23.8. The molecule has 11 nitrogen and oxygen atoms in total. The molecule has 0 fully saturated rings. The van der Waals surface area contributed by atoms with Crippen molar-refractivity contribution >= 4 is 40.6 Å². The topological polar surface area (TPSA) is 118 Å². The van der Waals surface area contributed by atoms with Crippen molar-refractivity contribution < 1.29 is 28.5 Å². The van der Waals surface area contributed by atoms with Crippen LogP contribution in [0.5, 0.6) is 11.8 Å². The Morgan fingerprint density at radius 2 is 1.42 bits per heavy atom. The van der Waals surface area contributed by atoms with Crippen LogP contribution in [-0.2, 0) is 16.5 Å². The van der Waals surface area contributed by atoms with E-state index in [-0.39, 0.29) is 17.7 Å². The third kappa shape index (κ3) is 5.78. The third-order valence-corrected chi connectivity index (χ3v) is 4.93. The van der Waals surface area contributed by atoms with Crippen LogP contribution in [0.3, 0.4) is 0 Å². The number of halogens is 1. The molecule has 3 rings (SSSR count). The minimum Gasteiger partial charge on any atom is -0.480 e. The highest BCUT2D eigenvalue weighted by atomic mass is 35.5. The van der Waals surface area contributed by atoms with Crippen LogP contribution in [0.4, 0.5) is 15.5 Å². The van der Waals surface area contributed by atoms with Gasteiger partial charge in [0.15, 0.2) is 0 Å². The van der Waals surface area contributed by atoms with Gasteiger partial charge in [0, 0.05) is 12.4 Å². The lowest BCUT2D eigenvalue weighted by Gasteiger charge is -2.28. The second-order valence-electron chi connectivity index (χ2n) is 9.87. The molecule has 0 saturated heterocycles. The molecule has 36 heavy (non-hydrogen) atoms. The van der Waals surface area contributed by atoms with Crippen molar-refractivity contribution in [2.24, 2.45) is 7.05 Å². The molecule has 0 aliphatic heterocycles. The number of pyridine rings is 1. The highest BCUT2D eigenvalue weighted by molar-refractivity contribution is 6.30. The summed E-state index contributed by atoms with van der Waals surface area (Å²) in [5.41, 5.74) is 0.0300. The molecule has 0 saturated carbocycles. The molecule has 194 valence electrons. The predicted molar refractivity (Wildman–Crippen MR) is 135 cm³/mol. The average molecular weight is 520 g/mol. The van der Waals surface area contributed by atoms with E-state index in [1.165, 1.54) is 14.2 Å².